The molecule has 0 atom stereocenters. The van der Waals surface area contributed by atoms with Gasteiger partial charge in [-0.1, -0.05) is 30.3 Å². The lowest BCUT2D eigenvalue weighted by atomic mass is 9.97. The van der Waals surface area contributed by atoms with E-state index in [2.05, 4.69) is 0 Å². The van der Waals surface area contributed by atoms with Crippen molar-refractivity contribution in [2.24, 2.45) is 0 Å². The summed E-state index contributed by atoms with van der Waals surface area (Å²) in [5.41, 5.74) is 7.27. The fraction of sp³-hybridized carbons (Fsp3) is 0.211. The second-order valence-corrected chi connectivity index (χ2v) is 5.77. The van der Waals surface area contributed by atoms with E-state index in [4.69, 9.17) is 5.73 Å². The molecule has 5 nitrogen and oxygen atoms in total. The molecular formula is C19H18N2O3. The van der Waals surface area contributed by atoms with Crippen molar-refractivity contribution in [3.63, 3.8) is 0 Å². The SMILES string of the molecule is Nc1ccccc1N1C(=O)CCCCC(=O)c2ccccc2C1=O. The van der Waals surface area contributed by atoms with Crippen molar-refractivity contribution in [2.75, 3.05) is 10.6 Å². The third-order valence-corrected chi connectivity index (χ3v) is 4.13. The number of rotatable bonds is 1. The molecule has 0 aliphatic carbocycles. The van der Waals surface area contributed by atoms with Gasteiger partial charge < -0.3 is 5.73 Å². The number of nitrogens with zero attached hydrogens (tertiary/aromatic N) is 1. The van der Waals surface area contributed by atoms with Crippen molar-refractivity contribution in [3.8, 4) is 0 Å². The van der Waals surface area contributed by atoms with E-state index < -0.39 is 5.91 Å². The van der Waals surface area contributed by atoms with Crippen LogP contribution in [0, 0.1) is 0 Å². The first-order valence-electron chi connectivity index (χ1n) is 7.93. The zero-order valence-electron chi connectivity index (χ0n) is 13.2. The Labute approximate surface area is 140 Å². The standard InChI is InChI=1S/C19H18N2O3/c20-15-9-3-4-10-16(15)21-18(23)12-6-5-11-17(22)13-7-1-2-8-14(13)19(21)24/h1-4,7-10H,5-6,11-12,20H2. The van der Waals surface area contributed by atoms with Crippen LogP contribution >= 0.6 is 0 Å². The van der Waals surface area contributed by atoms with Crippen LogP contribution in [0.4, 0.5) is 11.4 Å². The molecule has 2 aromatic rings. The van der Waals surface area contributed by atoms with Crippen LogP contribution in [0.2, 0.25) is 0 Å². The van der Waals surface area contributed by atoms with Crippen LogP contribution in [-0.4, -0.2) is 17.6 Å². The van der Waals surface area contributed by atoms with Crippen LogP contribution < -0.4 is 10.6 Å². The van der Waals surface area contributed by atoms with Crippen LogP contribution in [0.15, 0.2) is 48.5 Å². The number of Topliss-reactive ketones (excluding diaryl/α,β-unsaturated/α-hetero) is 1. The highest BCUT2D eigenvalue weighted by molar-refractivity contribution is 6.24. The maximum atomic E-state index is 13.1. The number of anilines is 2. The zero-order chi connectivity index (χ0) is 17.1. The highest BCUT2D eigenvalue weighted by Gasteiger charge is 2.29. The van der Waals surface area contributed by atoms with Crippen molar-refractivity contribution < 1.29 is 14.4 Å². The van der Waals surface area contributed by atoms with Crippen LogP contribution in [0.25, 0.3) is 0 Å². The largest absolute Gasteiger partial charge is 0.397 e. The first-order chi connectivity index (χ1) is 11.6. The number of carbonyl (C=O) groups excluding carboxylic acids is 3. The Hall–Kier alpha value is -2.95. The van der Waals surface area contributed by atoms with Gasteiger partial charge in [0.2, 0.25) is 5.91 Å². The summed E-state index contributed by atoms with van der Waals surface area (Å²) in [6, 6.07) is 13.4. The van der Waals surface area contributed by atoms with Gasteiger partial charge in [-0.3, -0.25) is 14.4 Å². The number of ketones is 1. The maximum Gasteiger partial charge on any atom is 0.265 e. The second kappa shape index (κ2) is 6.66. The van der Waals surface area contributed by atoms with Crippen LogP contribution in [0.1, 0.15) is 46.4 Å². The monoisotopic (exact) mass is 322 g/mol. The lowest BCUT2D eigenvalue weighted by molar-refractivity contribution is -0.118. The molecule has 2 aromatic carbocycles. The van der Waals surface area contributed by atoms with E-state index in [0.29, 0.717) is 36.2 Å². The number of hydrogen-bond acceptors (Lipinski definition) is 4. The van der Waals surface area contributed by atoms with Crippen LogP contribution in [0.5, 0.6) is 0 Å². The van der Waals surface area contributed by atoms with Crippen molar-refractivity contribution in [1.82, 2.24) is 0 Å². The predicted octanol–water partition coefficient (Wildman–Crippen LogP) is 3.20. The molecule has 0 spiro atoms. The van der Waals surface area contributed by atoms with E-state index in [1.807, 2.05) is 0 Å². The Kier molecular flexibility index (Phi) is 4.42. The molecule has 0 radical (unpaired) electrons. The van der Waals surface area contributed by atoms with Crippen molar-refractivity contribution in [2.45, 2.75) is 25.7 Å². The van der Waals surface area contributed by atoms with E-state index in [-0.39, 0.29) is 23.7 Å². The van der Waals surface area contributed by atoms with E-state index in [1.54, 1.807) is 48.5 Å². The molecule has 0 unspecified atom stereocenters. The van der Waals surface area contributed by atoms with Crippen LogP contribution in [0.3, 0.4) is 0 Å². The zero-order valence-corrected chi connectivity index (χ0v) is 13.2. The molecule has 1 aliphatic rings. The van der Waals surface area contributed by atoms with Gasteiger partial charge in [-0.05, 0) is 31.0 Å². The third-order valence-electron chi connectivity index (χ3n) is 4.13. The summed E-state index contributed by atoms with van der Waals surface area (Å²) in [7, 11) is 0. The first kappa shape index (κ1) is 15.9. The Morgan fingerprint density at radius 1 is 0.792 bits per heavy atom. The van der Waals surface area contributed by atoms with Gasteiger partial charge in [0.15, 0.2) is 5.78 Å². The average Bonchev–Trinajstić information content (AvgIpc) is 2.59. The molecule has 1 aliphatic heterocycles. The number of carbonyl (C=O) groups is 3. The molecule has 1 heterocycles. The molecule has 122 valence electrons. The summed E-state index contributed by atoms with van der Waals surface area (Å²) in [6.07, 6.45) is 1.72. The Bertz CT molecular complexity index is 814. The molecule has 2 amide bonds. The first-order valence-corrected chi connectivity index (χ1v) is 7.93. The van der Waals surface area contributed by atoms with Crippen molar-refractivity contribution in [3.05, 3.63) is 59.7 Å². The summed E-state index contributed by atoms with van der Waals surface area (Å²) >= 11 is 0. The quantitative estimate of drug-likeness (QED) is 0.646. The van der Waals surface area contributed by atoms with Crippen LogP contribution in [-0.2, 0) is 4.79 Å². The van der Waals surface area contributed by atoms with Gasteiger partial charge in [0.25, 0.3) is 5.91 Å². The maximum absolute atomic E-state index is 13.1. The second-order valence-electron chi connectivity index (χ2n) is 5.77. The van der Waals surface area contributed by atoms with Crippen molar-refractivity contribution in [1.29, 1.82) is 0 Å². The molecule has 0 saturated carbocycles. The minimum absolute atomic E-state index is 0.0747. The van der Waals surface area contributed by atoms with E-state index >= 15 is 0 Å². The number of hydrogen-bond donors (Lipinski definition) is 1. The van der Waals surface area contributed by atoms with E-state index in [9.17, 15) is 14.4 Å². The predicted molar refractivity (Wildman–Crippen MR) is 91.9 cm³/mol. The van der Waals surface area contributed by atoms with Crippen molar-refractivity contribution >= 4 is 29.0 Å². The third kappa shape index (κ3) is 2.93. The highest BCUT2D eigenvalue weighted by Crippen LogP contribution is 2.28. The molecule has 0 fully saturated rings. The topological polar surface area (TPSA) is 80.5 Å². The Morgan fingerprint density at radius 2 is 1.42 bits per heavy atom. The van der Waals surface area contributed by atoms with Gasteiger partial charge in [-0.2, -0.15) is 0 Å². The number of fused-ring (bicyclic) bond motifs is 1. The molecule has 0 saturated heterocycles. The number of amides is 2. The lowest BCUT2D eigenvalue weighted by Crippen LogP contribution is -2.38. The Morgan fingerprint density at radius 3 is 2.17 bits per heavy atom. The minimum atomic E-state index is -0.510. The molecule has 0 bridgehead atoms. The summed E-state index contributed by atoms with van der Waals surface area (Å²) in [5, 5.41) is 0. The number of imide groups is 1. The van der Waals surface area contributed by atoms with Gasteiger partial charge in [-0.25, -0.2) is 4.90 Å². The molecule has 0 aromatic heterocycles. The van der Waals surface area contributed by atoms with E-state index in [1.165, 1.54) is 0 Å². The summed E-state index contributed by atoms with van der Waals surface area (Å²) < 4.78 is 0. The normalized spacial score (nSPS) is 16.0. The van der Waals surface area contributed by atoms with E-state index in [0.717, 1.165) is 4.90 Å². The van der Waals surface area contributed by atoms with Gasteiger partial charge in [0.05, 0.1) is 16.9 Å². The number of para-hydroxylation sites is 2. The minimum Gasteiger partial charge on any atom is -0.397 e. The number of nitrogens with two attached hydrogens (primary N) is 1. The Balaban J connectivity index is 2.16. The number of nitrogen functional groups attached to an aromatic ring is 1. The van der Waals surface area contributed by atoms with Gasteiger partial charge in [0.1, 0.15) is 0 Å². The van der Waals surface area contributed by atoms with Gasteiger partial charge >= 0.3 is 0 Å². The summed E-state index contributed by atoms with van der Waals surface area (Å²) in [6.45, 7) is 0. The molecule has 2 N–H and O–H groups in total. The fourth-order valence-corrected chi connectivity index (χ4v) is 2.89. The fourth-order valence-electron chi connectivity index (χ4n) is 2.89. The van der Waals surface area contributed by atoms with Gasteiger partial charge in [0, 0.05) is 18.4 Å². The van der Waals surface area contributed by atoms with Gasteiger partial charge in [-0.15, -0.1) is 0 Å². The molecular weight excluding hydrogens is 304 g/mol. The average molecular weight is 322 g/mol. The number of benzene rings is 2. The molecule has 5 heteroatoms. The summed E-state index contributed by atoms with van der Waals surface area (Å²) in [5.74, 6) is -0.889. The summed E-state index contributed by atoms with van der Waals surface area (Å²) in [4.78, 5) is 39.2. The molecule has 3 rings (SSSR count). The highest BCUT2D eigenvalue weighted by atomic mass is 16.2. The molecule has 24 heavy (non-hydrogen) atoms. The lowest BCUT2D eigenvalue weighted by Gasteiger charge is -2.24. The smallest absolute Gasteiger partial charge is 0.265 e.